The minimum atomic E-state index is 0.307. The van der Waals surface area contributed by atoms with Gasteiger partial charge in [0.05, 0.1) is 0 Å². The number of hydrogen-bond donors (Lipinski definition) is 2. The fraction of sp³-hybridized carbons (Fsp3) is 0.429. The Hall–Kier alpha value is -1.32. The smallest absolute Gasteiger partial charge is 0.0491 e. The first-order valence-electron chi connectivity index (χ1n) is 6.31. The van der Waals surface area contributed by atoms with Gasteiger partial charge in [-0.2, -0.15) is 0 Å². The number of para-hydroxylation sites is 1. The van der Waals surface area contributed by atoms with Gasteiger partial charge < -0.3 is 10.7 Å². The summed E-state index contributed by atoms with van der Waals surface area (Å²) < 4.78 is 0. The van der Waals surface area contributed by atoms with Crippen LogP contribution in [-0.2, 0) is 0 Å². The average Bonchev–Trinajstić information content (AvgIpc) is 2.79. The highest BCUT2D eigenvalue weighted by Gasteiger charge is 2.19. The van der Waals surface area contributed by atoms with E-state index < -0.39 is 0 Å². The molecule has 3 N–H and O–H groups in total. The lowest BCUT2D eigenvalue weighted by molar-refractivity contribution is 0.225. The Labute approximate surface area is 103 Å². The van der Waals surface area contributed by atoms with E-state index in [-0.39, 0.29) is 0 Å². The molecule has 0 spiro atoms. The molecule has 0 radical (unpaired) electrons. The van der Waals surface area contributed by atoms with Crippen LogP contribution in [0, 0.1) is 0 Å². The first-order valence-corrected chi connectivity index (χ1v) is 6.31. The standard InChI is InChI=1S/C14H21N3/c1-3-17(4-2)14(9-15)12-10-16-13-8-6-5-7-11(12)13/h5-8,10,14,16H,3-4,9,15H2,1-2H3. The van der Waals surface area contributed by atoms with Crippen LogP contribution in [0.25, 0.3) is 10.9 Å². The molecule has 1 aromatic carbocycles. The molecule has 0 saturated carbocycles. The monoisotopic (exact) mass is 231 g/mol. The van der Waals surface area contributed by atoms with Crippen LogP contribution in [0.2, 0.25) is 0 Å². The zero-order valence-corrected chi connectivity index (χ0v) is 10.6. The molecule has 0 fully saturated rings. The zero-order chi connectivity index (χ0) is 12.3. The fourth-order valence-corrected chi connectivity index (χ4v) is 2.51. The highest BCUT2D eigenvalue weighted by atomic mass is 15.2. The molecular weight excluding hydrogens is 210 g/mol. The third kappa shape index (κ3) is 2.21. The van der Waals surface area contributed by atoms with E-state index in [1.807, 2.05) is 0 Å². The van der Waals surface area contributed by atoms with Crippen molar-refractivity contribution in [1.82, 2.24) is 9.88 Å². The first kappa shape index (κ1) is 12.1. The lowest BCUT2D eigenvalue weighted by Crippen LogP contribution is -2.33. The number of aromatic nitrogens is 1. The number of likely N-dealkylation sites (N-methyl/N-ethyl adjacent to an activating group) is 1. The van der Waals surface area contributed by atoms with Gasteiger partial charge in [0.25, 0.3) is 0 Å². The first-order chi connectivity index (χ1) is 8.31. The summed E-state index contributed by atoms with van der Waals surface area (Å²) in [6, 6.07) is 8.70. The molecule has 0 saturated heterocycles. The highest BCUT2D eigenvalue weighted by Crippen LogP contribution is 2.27. The molecule has 0 aliphatic carbocycles. The number of hydrogen-bond acceptors (Lipinski definition) is 2. The van der Waals surface area contributed by atoms with Gasteiger partial charge in [-0.3, -0.25) is 4.90 Å². The second-order valence-corrected chi connectivity index (χ2v) is 4.26. The summed E-state index contributed by atoms with van der Waals surface area (Å²) in [5.74, 6) is 0. The van der Waals surface area contributed by atoms with Crippen LogP contribution >= 0.6 is 0 Å². The minimum absolute atomic E-state index is 0.307. The van der Waals surface area contributed by atoms with Crippen LogP contribution in [0.3, 0.4) is 0 Å². The Kier molecular flexibility index (Phi) is 3.82. The summed E-state index contributed by atoms with van der Waals surface area (Å²) in [5.41, 5.74) is 8.45. The molecule has 0 aliphatic rings. The SMILES string of the molecule is CCN(CC)C(CN)c1c[nH]c2ccccc12. The maximum atomic E-state index is 5.95. The van der Waals surface area contributed by atoms with E-state index in [2.05, 4.69) is 54.2 Å². The molecule has 1 heterocycles. The van der Waals surface area contributed by atoms with Crippen molar-refractivity contribution in [1.29, 1.82) is 0 Å². The van der Waals surface area contributed by atoms with E-state index >= 15 is 0 Å². The van der Waals surface area contributed by atoms with E-state index in [4.69, 9.17) is 5.73 Å². The molecular formula is C14H21N3. The second-order valence-electron chi connectivity index (χ2n) is 4.26. The number of aromatic amines is 1. The lowest BCUT2D eigenvalue weighted by Gasteiger charge is -2.28. The van der Waals surface area contributed by atoms with Gasteiger partial charge >= 0.3 is 0 Å². The maximum absolute atomic E-state index is 5.95. The van der Waals surface area contributed by atoms with Gasteiger partial charge in [-0.05, 0) is 24.7 Å². The van der Waals surface area contributed by atoms with Crippen molar-refractivity contribution in [3.05, 3.63) is 36.0 Å². The minimum Gasteiger partial charge on any atom is -0.361 e. The molecule has 17 heavy (non-hydrogen) atoms. The van der Waals surface area contributed by atoms with E-state index in [9.17, 15) is 0 Å². The average molecular weight is 231 g/mol. The molecule has 1 unspecified atom stereocenters. The number of H-pyrrole nitrogens is 1. The molecule has 1 atom stereocenters. The Balaban J connectivity index is 2.42. The van der Waals surface area contributed by atoms with Crippen molar-refractivity contribution in [3.63, 3.8) is 0 Å². The van der Waals surface area contributed by atoms with E-state index in [0.717, 1.165) is 13.1 Å². The summed E-state index contributed by atoms with van der Waals surface area (Å²) in [4.78, 5) is 5.72. The summed E-state index contributed by atoms with van der Waals surface area (Å²) in [7, 11) is 0. The van der Waals surface area contributed by atoms with Crippen LogP contribution in [0.4, 0.5) is 0 Å². The molecule has 0 bridgehead atoms. The molecule has 0 amide bonds. The van der Waals surface area contributed by atoms with Gasteiger partial charge in [-0.1, -0.05) is 32.0 Å². The molecule has 2 rings (SSSR count). The predicted octanol–water partition coefficient (Wildman–Crippen LogP) is 2.51. The number of rotatable bonds is 5. The van der Waals surface area contributed by atoms with Crippen molar-refractivity contribution in [3.8, 4) is 0 Å². The van der Waals surface area contributed by atoms with Gasteiger partial charge in [-0.15, -0.1) is 0 Å². The molecule has 3 heteroatoms. The number of fused-ring (bicyclic) bond motifs is 1. The predicted molar refractivity (Wildman–Crippen MR) is 73.0 cm³/mol. The van der Waals surface area contributed by atoms with Gasteiger partial charge in [-0.25, -0.2) is 0 Å². The lowest BCUT2D eigenvalue weighted by atomic mass is 10.0. The van der Waals surface area contributed by atoms with Crippen molar-refractivity contribution in [2.75, 3.05) is 19.6 Å². The van der Waals surface area contributed by atoms with Crippen molar-refractivity contribution in [2.24, 2.45) is 5.73 Å². The topological polar surface area (TPSA) is 45.0 Å². The Bertz CT molecular complexity index is 471. The maximum Gasteiger partial charge on any atom is 0.0491 e. The molecule has 1 aromatic heterocycles. The number of nitrogens with zero attached hydrogens (tertiary/aromatic N) is 1. The van der Waals surface area contributed by atoms with Gasteiger partial charge in [0.1, 0.15) is 0 Å². The summed E-state index contributed by atoms with van der Waals surface area (Å²) in [6.45, 7) is 7.07. The Morgan fingerprint density at radius 3 is 2.59 bits per heavy atom. The summed E-state index contributed by atoms with van der Waals surface area (Å²) in [6.07, 6.45) is 2.10. The molecule has 0 aliphatic heterocycles. The number of benzene rings is 1. The normalized spacial score (nSPS) is 13.4. The number of nitrogens with two attached hydrogens (primary N) is 1. The summed E-state index contributed by atoms with van der Waals surface area (Å²) in [5, 5.41) is 1.29. The second kappa shape index (κ2) is 5.34. The quantitative estimate of drug-likeness (QED) is 0.830. The van der Waals surface area contributed by atoms with Crippen LogP contribution in [0.15, 0.2) is 30.5 Å². The highest BCUT2D eigenvalue weighted by molar-refractivity contribution is 5.83. The molecule has 2 aromatic rings. The van der Waals surface area contributed by atoms with Crippen LogP contribution in [0.5, 0.6) is 0 Å². The van der Waals surface area contributed by atoms with Crippen LogP contribution in [0.1, 0.15) is 25.5 Å². The molecule has 92 valence electrons. The third-order valence-corrected chi connectivity index (χ3v) is 3.46. The van der Waals surface area contributed by atoms with E-state index in [1.165, 1.54) is 16.5 Å². The van der Waals surface area contributed by atoms with Crippen LogP contribution in [-0.4, -0.2) is 29.5 Å². The number of nitrogens with one attached hydrogen (secondary N) is 1. The van der Waals surface area contributed by atoms with Crippen LogP contribution < -0.4 is 5.73 Å². The van der Waals surface area contributed by atoms with Gasteiger partial charge in [0.15, 0.2) is 0 Å². The van der Waals surface area contributed by atoms with Crippen molar-refractivity contribution < 1.29 is 0 Å². The van der Waals surface area contributed by atoms with E-state index in [1.54, 1.807) is 0 Å². The zero-order valence-electron chi connectivity index (χ0n) is 10.6. The largest absolute Gasteiger partial charge is 0.361 e. The van der Waals surface area contributed by atoms with Crippen molar-refractivity contribution in [2.45, 2.75) is 19.9 Å². The van der Waals surface area contributed by atoms with Gasteiger partial charge in [0, 0.05) is 29.7 Å². The van der Waals surface area contributed by atoms with Crippen molar-refractivity contribution >= 4 is 10.9 Å². The Morgan fingerprint density at radius 2 is 1.94 bits per heavy atom. The summed E-state index contributed by atoms with van der Waals surface area (Å²) >= 11 is 0. The fourth-order valence-electron chi connectivity index (χ4n) is 2.51. The Morgan fingerprint density at radius 1 is 1.24 bits per heavy atom. The van der Waals surface area contributed by atoms with Gasteiger partial charge in [0.2, 0.25) is 0 Å². The molecule has 3 nitrogen and oxygen atoms in total. The third-order valence-electron chi connectivity index (χ3n) is 3.46. The van der Waals surface area contributed by atoms with E-state index in [0.29, 0.717) is 12.6 Å².